The maximum atomic E-state index is 5.73. The predicted molar refractivity (Wildman–Crippen MR) is 51.8 cm³/mol. The monoisotopic (exact) mass is 167 g/mol. The van der Waals surface area contributed by atoms with Gasteiger partial charge in [-0.1, -0.05) is 13.8 Å². The van der Waals surface area contributed by atoms with Crippen molar-refractivity contribution >= 4 is 0 Å². The van der Waals surface area contributed by atoms with Gasteiger partial charge in [-0.3, -0.25) is 0 Å². The van der Waals surface area contributed by atoms with E-state index in [9.17, 15) is 0 Å². The van der Waals surface area contributed by atoms with Crippen LogP contribution in [0.1, 0.15) is 39.5 Å². The van der Waals surface area contributed by atoms with Crippen LogP contribution in [0.3, 0.4) is 0 Å². The zero-order valence-corrected chi connectivity index (χ0v) is 8.34. The highest BCUT2D eigenvalue weighted by Gasteiger charge is 2.55. The molecule has 12 heavy (non-hydrogen) atoms. The van der Waals surface area contributed by atoms with Crippen LogP contribution in [0.2, 0.25) is 0 Å². The van der Waals surface area contributed by atoms with Crippen molar-refractivity contribution in [1.82, 2.24) is 0 Å². The van der Waals surface area contributed by atoms with Gasteiger partial charge in [0.05, 0.1) is 0 Å². The Morgan fingerprint density at radius 2 is 1.75 bits per heavy atom. The van der Waals surface area contributed by atoms with E-state index in [2.05, 4.69) is 13.8 Å². The molecule has 0 aromatic heterocycles. The van der Waals surface area contributed by atoms with Crippen molar-refractivity contribution in [2.75, 3.05) is 6.54 Å². The van der Waals surface area contributed by atoms with Gasteiger partial charge in [0.15, 0.2) is 0 Å². The molecule has 1 spiro atoms. The summed E-state index contributed by atoms with van der Waals surface area (Å²) in [6.45, 7) is 5.74. The molecule has 0 heterocycles. The van der Waals surface area contributed by atoms with Crippen molar-refractivity contribution in [2.24, 2.45) is 28.9 Å². The van der Waals surface area contributed by atoms with Gasteiger partial charge in [-0.15, -0.1) is 0 Å². The molecule has 2 N–H and O–H groups in total. The largest absolute Gasteiger partial charge is 0.330 e. The molecule has 70 valence electrons. The Bertz CT molecular complexity index is 166. The van der Waals surface area contributed by atoms with Gasteiger partial charge in [-0.2, -0.15) is 0 Å². The third-order valence-electron chi connectivity index (χ3n) is 3.96. The fourth-order valence-corrected chi connectivity index (χ4v) is 3.59. The first kappa shape index (κ1) is 8.55. The number of rotatable bonds is 1. The second kappa shape index (κ2) is 2.73. The highest BCUT2D eigenvalue weighted by molar-refractivity contribution is 5.05. The molecule has 3 unspecified atom stereocenters. The quantitative estimate of drug-likeness (QED) is 0.637. The van der Waals surface area contributed by atoms with Crippen LogP contribution in [0.4, 0.5) is 0 Å². The smallest absolute Gasteiger partial charge is 0.00433 e. The summed E-state index contributed by atoms with van der Waals surface area (Å²) in [5.41, 5.74) is 6.44. The molecule has 2 rings (SSSR count). The minimum absolute atomic E-state index is 0.714. The fraction of sp³-hybridized carbons (Fsp3) is 1.00. The topological polar surface area (TPSA) is 26.0 Å². The molecule has 2 fully saturated rings. The van der Waals surface area contributed by atoms with E-state index < -0.39 is 0 Å². The van der Waals surface area contributed by atoms with Crippen molar-refractivity contribution in [3.05, 3.63) is 0 Å². The molecular weight excluding hydrogens is 146 g/mol. The molecule has 2 aliphatic rings. The van der Waals surface area contributed by atoms with Gasteiger partial charge in [0.25, 0.3) is 0 Å². The normalized spacial score (nSPS) is 52.8. The van der Waals surface area contributed by atoms with E-state index in [0.29, 0.717) is 5.41 Å². The Morgan fingerprint density at radius 3 is 2.17 bits per heavy atom. The summed E-state index contributed by atoms with van der Waals surface area (Å²) in [5, 5.41) is 0. The standard InChI is InChI=1S/C11H21N/c1-8-3-9(2)5-11(4-8)6-10(11)7-12/h8-10H,3-7,12H2,1-2H3. The lowest BCUT2D eigenvalue weighted by molar-refractivity contribution is 0.186. The Hall–Kier alpha value is -0.0400. The molecule has 0 aliphatic heterocycles. The molecule has 0 amide bonds. The summed E-state index contributed by atoms with van der Waals surface area (Å²) in [5.74, 6) is 2.78. The average molecular weight is 167 g/mol. The van der Waals surface area contributed by atoms with Gasteiger partial charge < -0.3 is 5.73 Å². The summed E-state index contributed by atoms with van der Waals surface area (Å²) >= 11 is 0. The second-order valence-corrected chi connectivity index (χ2v) is 5.35. The SMILES string of the molecule is CC1CC(C)CC2(C1)CC2CN. The van der Waals surface area contributed by atoms with E-state index in [1.807, 2.05) is 0 Å². The Kier molecular flexibility index (Phi) is 1.95. The van der Waals surface area contributed by atoms with Crippen LogP contribution in [0.25, 0.3) is 0 Å². The molecule has 1 heteroatoms. The molecule has 0 saturated heterocycles. The average Bonchev–Trinajstić information content (AvgIpc) is 2.59. The highest BCUT2D eigenvalue weighted by atomic mass is 14.7. The lowest BCUT2D eigenvalue weighted by Gasteiger charge is -2.32. The summed E-state index contributed by atoms with van der Waals surface area (Å²) < 4.78 is 0. The number of hydrogen-bond acceptors (Lipinski definition) is 1. The van der Waals surface area contributed by atoms with E-state index in [4.69, 9.17) is 5.73 Å². The predicted octanol–water partition coefficient (Wildman–Crippen LogP) is 2.41. The number of hydrogen-bond donors (Lipinski definition) is 1. The minimum atomic E-state index is 0.714. The van der Waals surface area contributed by atoms with Gasteiger partial charge in [0.1, 0.15) is 0 Å². The van der Waals surface area contributed by atoms with Crippen LogP contribution < -0.4 is 5.73 Å². The summed E-state index contributed by atoms with van der Waals surface area (Å²) in [6, 6.07) is 0. The minimum Gasteiger partial charge on any atom is -0.330 e. The summed E-state index contributed by atoms with van der Waals surface area (Å²) in [6.07, 6.45) is 5.79. The molecule has 0 aromatic rings. The van der Waals surface area contributed by atoms with Crippen LogP contribution in [-0.4, -0.2) is 6.54 Å². The molecule has 0 aromatic carbocycles. The van der Waals surface area contributed by atoms with E-state index in [0.717, 1.165) is 24.3 Å². The zero-order valence-electron chi connectivity index (χ0n) is 8.34. The summed E-state index contributed by atoms with van der Waals surface area (Å²) in [4.78, 5) is 0. The first-order valence-electron chi connectivity index (χ1n) is 5.36. The molecule has 2 aliphatic carbocycles. The van der Waals surface area contributed by atoms with E-state index in [1.54, 1.807) is 0 Å². The third kappa shape index (κ3) is 1.28. The van der Waals surface area contributed by atoms with Crippen molar-refractivity contribution in [2.45, 2.75) is 39.5 Å². The second-order valence-electron chi connectivity index (χ2n) is 5.35. The van der Waals surface area contributed by atoms with Crippen LogP contribution in [-0.2, 0) is 0 Å². The van der Waals surface area contributed by atoms with Gasteiger partial charge in [0.2, 0.25) is 0 Å². The molecule has 0 bridgehead atoms. The number of nitrogens with two attached hydrogens (primary N) is 1. The lowest BCUT2D eigenvalue weighted by Crippen LogP contribution is -2.23. The maximum Gasteiger partial charge on any atom is -0.00433 e. The zero-order chi connectivity index (χ0) is 8.77. The first-order chi connectivity index (χ1) is 5.66. The van der Waals surface area contributed by atoms with Crippen molar-refractivity contribution in [3.8, 4) is 0 Å². The van der Waals surface area contributed by atoms with Gasteiger partial charge >= 0.3 is 0 Å². The summed E-state index contributed by atoms with van der Waals surface area (Å²) in [7, 11) is 0. The lowest BCUT2D eigenvalue weighted by atomic mass is 9.73. The molecule has 2 saturated carbocycles. The Balaban J connectivity index is 1.99. The van der Waals surface area contributed by atoms with Crippen molar-refractivity contribution < 1.29 is 0 Å². The maximum absolute atomic E-state index is 5.73. The Labute approximate surface area is 75.7 Å². The Morgan fingerprint density at radius 1 is 1.17 bits per heavy atom. The van der Waals surface area contributed by atoms with Crippen LogP contribution in [0, 0.1) is 23.2 Å². The van der Waals surface area contributed by atoms with Crippen molar-refractivity contribution in [1.29, 1.82) is 0 Å². The molecule has 3 atom stereocenters. The van der Waals surface area contributed by atoms with Gasteiger partial charge in [-0.25, -0.2) is 0 Å². The third-order valence-corrected chi connectivity index (χ3v) is 3.96. The van der Waals surface area contributed by atoms with Crippen LogP contribution >= 0.6 is 0 Å². The molecule has 1 nitrogen and oxygen atoms in total. The van der Waals surface area contributed by atoms with E-state index in [-0.39, 0.29) is 0 Å². The van der Waals surface area contributed by atoms with Crippen LogP contribution in [0.15, 0.2) is 0 Å². The van der Waals surface area contributed by atoms with Crippen LogP contribution in [0.5, 0.6) is 0 Å². The fourth-order valence-electron chi connectivity index (χ4n) is 3.59. The van der Waals surface area contributed by atoms with Crippen molar-refractivity contribution in [3.63, 3.8) is 0 Å². The van der Waals surface area contributed by atoms with Gasteiger partial charge in [-0.05, 0) is 55.4 Å². The molecular formula is C11H21N. The first-order valence-corrected chi connectivity index (χ1v) is 5.36. The van der Waals surface area contributed by atoms with Gasteiger partial charge in [0, 0.05) is 0 Å². The van der Waals surface area contributed by atoms with E-state index >= 15 is 0 Å². The highest BCUT2D eigenvalue weighted by Crippen LogP contribution is 2.62. The van der Waals surface area contributed by atoms with E-state index in [1.165, 1.54) is 25.7 Å². The molecule has 0 radical (unpaired) electrons.